The largest absolute Gasteiger partial charge is 0.486 e. The zero-order valence-corrected chi connectivity index (χ0v) is 17.7. The molecule has 1 atom stereocenters. The minimum Gasteiger partial charge on any atom is -0.486 e. The molecule has 154 valence electrons. The van der Waals surface area contributed by atoms with Crippen LogP contribution in [0.5, 0.6) is 11.5 Å². The van der Waals surface area contributed by atoms with Gasteiger partial charge in [-0.15, -0.1) is 11.8 Å². The Morgan fingerprint density at radius 3 is 2.69 bits per heavy atom. The molecule has 1 saturated heterocycles. The molecule has 2 aromatic carbocycles. The predicted molar refractivity (Wildman–Crippen MR) is 117 cm³/mol. The number of amides is 1. The van der Waals surface area contributed by atoms with Crippen molar-refractivity contribution < 1.29 is 14.3 Å². The van der Waals surface area contributed by atoms with Crippen molar-refractivity contribution in [3.8, 4) is 11.5 Å². The zero-order valence-electron chi connectivity index (χ0n) is 16.9. The Morgan fingerprint density at radius 1 is 1.10 bits per heavy atom. The van der Waals surface area contributed by atoms with Gasteiger partial charge >= 0.3 is 0 Å². The van der Waals surface area contributed by atoms with Crippen molar-refractivity contribution >= 4 is 23.4 Å². The summed E-state index contributed by atoms with van der Waals surface area (Å²) >= 11 is 1.49. The van der Waals surface area contributed by atoms with E-state index in [1.807, 2.05) is 30.3 Å². The van der Waals surface area contributed by atoms with Gasteiger partial charge in [0.15, 0.2) is 11.5 Å². The SMILES string of the molecule is CC1CCCCN1Cc1ccc(NC(=O)CSc2ccc3c(c2)OCCO3)cc1. The lowest BCUT2D eigenvalue weighted by Crippen LogP contribution is -2.36. The molecule has 0 spiro atoms. The van der Waals surface area contributed by atoms with Crippen LogP contribution in [0.15, 0.2) is 47.4 Å². The number of nitrogens with zero attached hydrogens (tertiary/aromatic N) is 1. The molecule has 2 aliphatic heterocycles. The number of nitrogens with one attached hydrogen (secondary N) is 1. The number of carbonyl (C=O) groups excluding carboxylic acids is 1. The molecule has 1 fully saturated rings. The molecule has 1 unspecified atom stereocenters. The molecule has 29 heavy (non-hydrogen) atoms. The topological polar surface area (TPSA) is 50.8 Å². The van der Waals surface area contributed by atoms with Crippen molar-refractivity contribution in [2.45, 2.75) is 43.7 Å². The number of hydrogen-bond donors (Lipinski definition) is 1. The van der Waals surface area contributed by atoms with Crippen LogP contribution in [0.2, 0.25) is 0 Å². The van der Waals surface area contributed by atoms with Gasteiger partial charge in [0, 0.05) is 23.2 Å². The molecule has 1 amide bonds. The van der Waals surface area contributed by atoms with Gasteiger partial charge in [-0.25, -0.2) is 0 Å². The Morgan fingerprint density at radius 2 is 1.90 bits per heavy atom. The number of piperidine rings is 1. The summed E-state index contributed by atoms with van der Waals surface area (Å²) in [5.41, 5.74) is 2.13. The minimum atomic E-state index is -0.0118. The van der Waals surface area contributed by atoms with Crippen LogP contribution in [0.1, 0.15) is 31.7 Å². The fraction of sp³-hybridized carbons (Fsp3) is 0.435. The molecule has 2 aliphatic rings. The molecule has 0 radical (unpaired) electrons. The maximum atomic E-state index is 12.3. The van der Waals surface area contributed by atoms with Gasteiger partial charge in [0.25, 0.3) is 0 Å². The van der Waals surface area contributed by atoms with Gasteiger partial charge < -0.3 is 14.8 Å². The predicted octanol–water partition coefficient (Wildman–Crippen LogP) is 4.56. The van der Waals surface area contributed by atoms with E-state index in [2.05, 4.69) is 29.3 Å². The Balaban J connectivity index is 1.26. The van der Waals surface area contributed by atoms with Crippen LogP contribution in [0.4, 0.5) is 5.69 Å². The summed E-state index contributed by atoms with van der Waals surface area (Å²) in [5, 5.41) is 2.98. The number of benzene rings is 2. The van der Waals surface area contributed by atoms with Crippen LogP contribution in [0.3, 0.4) is 0 Å². The second kappa shape index (κ2) is 9.55. The first-order valence-electron chi connectivity index (χ1n) is 10.3. The average Bonchev–Trinajstić information content (AvgIpc) is 2.75. The smallest absolute Gasteiger partial charge is 0.234 e. The van der Waals surface area contributed by atoms with Crippen molar-refractivity contribution in [3.05, 3.63) is 48.0 Å². The molecule has 2 aromatic rings. The second-order valence-corrected chi connectivity index (χ2v) is 8.70. The highest BCUT2D eigenvalue weighted by Crippen LogP contribution is 2.34. The highest BCUT2D eigenvalue weighted by molar-refractivity contribution is 8.00. The van der Waals surface area contributed by atoms with E-state index in [0.29, 0.717) is 25.0 Å². The first-order chi connectivity index (χ1) is 14.2. The molecule has 5 nitrogen and oxygen atoms in total. The third-order valence-electron chi connectivity index (χ3n) is 5.45. The van der Waals surface area contributed by atoms with Gasteiger partial charge in [-0.3, -0.25) is 9.69 Å². The highest BCUT2D eigenvalue weighted by Gasteiger charge is 2.18. The van der Waals surface area contributed by atoms with Crippen molar-refractivity contribution in [3.63, 3.8) is 0 Å². The van der Waals surface area contributed by atoms with Crippen molar-refractivity contribution in [2.24, 2.45) is 0 Å². The summed E-state index contributed by atoms with van der Waals surface area (Å²) in [7, 11) is 0. The van der Waals surface area contributed by atoms with Crippen LogP contribution in [0.25, 0.3) is 0 Å². The first-order valence-corrected chi connectivity index (χ1v) is 11.3. The molecule has 0 bridgehead atoms. The number of anilines is 1. The van der Waals surface area contributed by atoms with Gasteiger partial charge in [-0.2, -0.15) is 0 Å². The lowest BCUT2D eigenvalue weighted by atomic mass is 10.0. The van der Waals surface area contributed by atoms with E-state index in [1.165, 1.54) is 43.1 Å². The van der Waals surface area contributed by atoms with E-state index in [-0.39, 0.29) is 5.91 Å². The summed E-state index contributed by atoms with van der Waals surface area (Å²) in [6.45, 7) is 5.62. The Bertz CT molecular complexity index is 841. The van der Waals surface area contributed by atoms with E-state index in [1.54, 1.807) is 0 Å². The highest BCUT2D eigenvalue weighted by atomic mass is 32.2. The van der Waals surface area contributed by atoms with E-state index >= 15 is 0 Å². The third-order valence-corrected chi connectivity index (χ3v) is 6.44. The number of likely N-dealkylation sites (tertiary alicyclic amines) is 1. The fourth-order valence-corrected chi connectivity index (χ4v) is 4.50. The third kappa shape index (κ3) is 5.46. The second-order valence-electron chi connectivity index (χ2n) is 7.65. The van der Waals surface area contributed by atoms with Crippen molar-refractivity contribution in [1.82, 2.24) is 4.90 Å². The van der Waals surface area contributed by atoms with Crippen LogP contribution in [-0.4, -0.2) is 42.4 Å². The Kier molecular flexibility index (Phi) is 6.62. The zero-order chi connectivity index (χ0) is 20.1. The van der Waals surface area contributed by atoms with Crippen LogP contribution >= 0.6 is 11.8 Å². The average molecular weight is 413 g/mol. The molecular weight excluding hydrogens is 384 g/mol. The number of rotatable bonds is 6. The Labute approximate surface area is 176 Å². The van der Waals surface area contributed by atoms with Gasteiger partial charge in [0.05, 0.1) is 5.75 Å². The maximum Gasteiger partial charge on any atom is 0.234 e. The van der Waals surface area contributed by atoms with Gasteiger partial charge in [0.1, 0.15) is 13.2 Å². The van der Waals surface area contributed by atoms with E-state index < -0.39 is 0 Å². The number of hydrogen-bond acceptors (Lipinski definition) is 5. The molecular formula is C23H28N2O3S. The van der Waals surface area contributed by atoms with E-state index in [4.69, 9.17) is 9.47 Å². The summed E-state index contributed by atoms with van der Waals surface area (Å²) < 4.78 is 11.1. The number of thioether (sulfide) groups is 1. The monoisotopic (exact) mass is 412 g/mol. The van der Waals surface area contributed by atoms with Gasteiger partial charge in [0.2, 0.25) is 5.91 Å². The quantitative estimate of drug-likeness (QED) is 0.705. The fourth-order valence-electron chi connectivity index (χ4n) is 3.78. The first kappa shape index (κ1) is 20.1. The summed E-state index contributed by atoms with van der Waals surface area (Å²) in [4.78, 5) is 15.9. The Hall–Kier alpha value is -2.18. The normalized spacial score (nSPS) is 19.0. The van der Waals surface area contributed by atoms with Crippen molar-refractivity contribution in [1.29, 1.82) is 0 Å². The number of fused-ring (bicyclic) bond motifs is 1. The summed E-state index contributed by atoms with van der Waals surface area (Å²) in [5.74, 6) is 1.86. The minimum absolute atomic E-state index is 0.0118. The summed E-state index contributed by atoms with van der Waals surface area (Å²) in [6.07, 6.45) is 3.92. The van der Waals surface area contributed by atoms with E-state index in [9.17, 15) is 4.79 Å². The van der Waals surface area contributed by atoms with Crippen LogP contribution in [0, 0.1) is 0 Å². The molecule has 2 heterocycles. The lowest BCUT2D eigenvalue weighted by Gasteiger charge is -2.33. The molecule has 6 heteroatoms. The van der Waals surface area contributed by atoms with E-state index in [0.717, 1.165) is 28.6 Å². The molecule has 0 saturated carbocycles. The van der Waals surface area contributed by atoms with Crippen molar-refractivity contribution in [2.75, 3.05) is 30.8 Å². The van der Waals surface area contributed by atoms with Gasteiger partial charge in [-0.1, -0.05) is 18.6 Å². The lowest BCUT2D eigenvalue weighted by molar-refractivity contribution is -0.113. The molecule has 0 aliphatic carbocycles. The maximum absolute atomic E-state index is 12.3. The van der Waals surface area contributed by atoms with Crippen LogP contribution in [-0.2, 0) is 11.3 Å². The number of carbonyl (C=O) groups is 1. The molecule has 1 N–H and O–H groups in total. The summed E-state index contributed by atoms with van der Waals surface area (Å²) in [6, 6.07) is 14.7. The van der Waals surface area contributed by atoms with Gasteiger partial charge in [-0.05, 0) is 62.2 Å². The van der Waals surface area contributed by atoms with Crippen LogP contribution < -0.4 is 14.8 Å². The molecule has 0 aromatic heterocycles. The number of ether oxygens (including phenoxy) is 2. The molecule has 4 rings (SSSR count). The standard InChI is InChI=1S/C23H28N2O3S/c1-17-4-2-3-11-25(17)15-18-5-7-19(8-6-18)24-23(26)16-29-20-9-10-21-22(14-20)28-13-12-27-21/h5-10,14,17H,2-4,11-13,15-16H2,1H3,(H,24,26).